The molecule has 4 fully saturated rings. The molecule has 14 rings (SSSR count). The van der Waals surface area contributed by atoms with E-state index >= 15 is 9.59 Å². The monoisotopic (exact) mass is 1150 g/mol. The molecule has 11 atom stereocenters. The van der Waals surface area contributed by atoms with Gasteiger partial charge < -0.3 is 46.3 Å². The molecular weight excluding hydrogens is 1050 g/mol. The number of aliphatic hydroxyl groups excluding tert-OH is 1. The van der Waals surface area contributed by atoms with Gasteiger partial charge in [-0.25, -0.2) is 9.59 Å². The van der Waals surface area contributed by atoms with Crippen LogP contribution in [0.2, 0.25) is 0 Å². The Bertz CT molecular complexity index is 3210. The van der Waals surface area contributed by atoms with Crippen LogP contribution < -0.4 is 26.6 Å². The molecule has 0 amide bonds. The fraction of sp³-hybridized carbons (Fsp3) is 0.541. The number of aromatic hydroxyl groups is 1. The first-order valence-electron chi connectivity index (χ1n) is 33.1. The van der Waals surface area contributed by atoms with Gasteiger partial charge in [0.25, 0.3) is 0 Å². The van der Waals surface area contributed by atoms with Gasteiger partial charge in [-0.3, -0.25) is 0 Å². The number of phenolic OH excluding ortho intramolecular Hbond substituents is 1. The number of phenols is 1. The minimum atomic E-state index is -0.894. The van der Waals surface area contributed by atoms with E-state index in [1.54, 1.807) is 6.07 Å². The highest BCUT2D eigenvalue weighted by atomic mass is 16.6. The quantitative estimate of drug-likeness (QED) is 0.0399. The number of allylic oxidation sites excluding steroid dienone is 5. The Morgan fingerprint density at radius 2 is 1.68 bits per heavy atom. The van der Waals surface area contributed by atoms with Crippen molar-refractivity contribution in [2.24, 2.45) is 52.3 Å². The van der Waals surface area contributed by atoms with Crippen LogP contribution in [0.3, 0.4) is 0 Å². The van der Waals surface area contributed by atoms with Crippen molar-refractivity contribution in [3.63, 3.8) is 0 Å². The number of rotatable bonds is 17. The second-order valence-electron chi connectivity index (χ2n) is 27.4. The van der Waals surface area contributed by atoms with Gasteiger partial charge in [0, 0.05) is 42.7 Å². The molecule has 452 valence electrons. The van der Waals surface area contributed by atoms with Crippen LogP contribution in [0.15, 0.2) is 131 Å². The summed E-state index contributed by atoms with van der Waals surface area (Å²) < 4.78 is 13.5. The van der Waals surface area contributed by atoms with E-state index < -0.39 is 11.5 Å². The average Bonchev–Trinajstić information content (AvgIpc) is 1.64. The van der Waals surface area contributed by atoms with Crippen LogP contribution in [0.1, 0.15) is 164 Å². The number of nitrogens with one attached hydrogen (secondary N) is 5. The zero-order chi connectivity index (χ0) is 58.8. The van der Waals surface area contributed by atoms with Crippen molar-refractivity contribution in [3.05, 3.63) is 165 Å². The Morgan fingerprint density at radius 1 is 0.812 bits per heavy atom. The topological polar surface area (TPSA) is 153 Å². The van der Waals surface area contributed by atoms with Crippen LogP contribution in [0.25, 0.3) is 16.7 Å². The largest absolute Gasteiger partial charge is 0.508 e. The molecule has 85 heavy (non-hydrogen) atoms. The maximum Gasteiger partial charge on any atom is 0.340 e. The Balaban J connectivity index is 1.01. The molecule has 1 spiro atoms. The molecule has 4 aromatic rings. The number of hydrogen-bond donors (Lipinski definition) is 7. The molecule has 2 saturated heterocycles. The number of ether oxygens (including phenoxy) is 2. The maximum atomic E-state index is 15.4. The Hall–Kier alpha value is -5.66. The summed E-state index contributed by atoms with van der Waals surface area (Å²) in [4.78, 5) is 30.7. The fourth-order valence-corrected chi connectivity index (χ4v) is 17.4. The standard InChI is InChI=1S/C74H95N5O6/c1-6-30-75-45-52-35-50-25-32-76-44-51-16-11-17-53(37-51)58-19-18-57(81)41-62(58)66-59-23-29-74(64(85-72(83)69(66)74)39-48(7-2)34-49-14-9-8-10-15-49)68-60(59)20-21-61-63(84-71(82)67(61)68)24-28-73(56-26-33-78-65(40-56)77-31-12-13-46(3)4)27-22-54(42-73)70(55(36-50)38-52)79-43-47(5)80/h8-11,14-19,24,35-39,41,46-48,54,56,59-60,65,68,70,75-81H,6-7,12-13,20-23,25-34,40,42-45H2,1-5H3. The lowest BCUT2D eigenvalue weighted by molar-refractivity contribution is -0.135. The van der Waals surface area contributed by atoms with E-state index in [0.717, 1.165) is 161 Å². The predicted molar refractivity (Wildman–Crippen MR) is 338 cm³/mol. The third kappa shape index (κ3) is 12.2. The van der Waals surface area contributed by atoms with Crippen molar-refractivity contribution in [3.8, 4) is 16.9 Å². The average molecular weight is 1150 g/mol. The Kier molecular flexibility index (Phi) is 18.2. The summed E-state index contributed by atoms with van der Waals surface area (Å²) in [6.45, 7) is 16.6. The minimum Gasteiger partial charge on any atom is -0.508 e. The number of carbonyl (C=O) groups excluding carboxylic acids is 2. The lowest BCUT2D eigenvalue weighted by Crippen LogP contribution is -2.52. The normalized spacial score (nSPS) is 29.4. The first-order valence-corrected chi connectivity index (χ1v) is 33.1. The summed E-state index contributed by atoms with van der Waals surface area (Å²) in [6, 6.07) is 32.3. The van der Waals surface area contributed by atoms with Gasteiger partial charge in [-0.05, 0) is 257 Å². The van der Waals surface area contributed by atoms with E-state index in [4.69, 9.17) is 9.47 Å². The fourth-order valence-electron chi connectivity index (χ4n) is 17.4. The molecule has 5 heterocycles. The van der Waals surface area contributed by atoms with Crippen molar-refractivity contribution >= 4 is 17.5 Å². The van der Waals surface area contributed by atoms with Gasteiger partial charge in [-0.2, -0.15) is 0 Å². The second-order valence-corrected chi connectivity index (χ2v) is 27.4. The molecule has 11 nitrogen and oxygen atoms in total. The third-order valence-electron chi connectivity index (χ3n) is 21.3. The Labute approximate surface area is 506 Å². The molecule has 14 bridgehead atoms. The summed E-state index contributed by atoms with van der Waals surface area (Å²) in [5, 5.41) is 41.8. The summed E-state index contributed by atoms with van der Waals surface area (Å²) in [6.07, 6.45) is 19.4. The molecule has 4 aromatic carbocycles. The number of hydrogen-bond acceptors (Lipinski definition) is 11. The van der Waals surface area contributed by atoms with Crippen molar-refractivity contribution in [1.82, 2.24) is 26.6 Å². The van der Waals surface area contributed by atoms with Crippen LogP contribution in [0.4, 0.5) is 0 Å². The van der Waals surface area contributed by atoms with E-state index in [9.17, 15) is 10.2 Å². The summed E-state index contributed by atoms with van der Waals surface area (Å²) in [7, 11) is 0. The minimum absolute atomic E-state index is 0.0382. The second kappa shape index (κ2) is 26.0. The maximum absolute atomic E-state index is 15.4. The first kappa shape index (κ1) is 59.7. The predicted octanol–water partition coefficient (Wildman–Crippen LogP) is 13.1. The number of cyclic esters (lactones) is 1. The van der Waals surface area contributed by atoms with Gasteiger partial charge in [-0.15, -0.1) is 0 Å². The van der Waals surface area contributed by atoms with Gasteiger partial charge in [0.05, 0.1) is 23.3 Å². The number of aliphatic hydroxyl groups is 1. The zero-order valence-corrected chi connectivity index (χ0v) is 51.4. The van der Waals surface area contributed by atoms with Crippen molar-refractivity contribution in [2.75, 3.05) is 32.7 Å². The van der Waals surface area contributed by atoms with Gasteiger partial charge in [0.2, 0.25) is 0 Å². The molecule has 10 aliphatic rings. The third-order valence-corrected chi connectivity index (χ3v) is 21.3. The lowest BCUT2D eigenvalue weighted by Gasteiger charge is -2.56. The highest BCUT2D eigenvalue weighted by Gasteiger charge is 2.69. The molecule has 5 aliphatic heterocycles. The molecule has 11 heteroatoms. The zero-order valence-electron chi connectivity index (χ0n) is 51.4. The number of benzene rings is 4. The number of fused-ring (bicyclic) bond motifs is 5. The van der Waals surface area contributed by atoms with Gasteiger partial charge in [0.15, 0.2) is 0 Å². The highest BCUT2D eigenvalue weighted by Crippen LogP contribution is 2.72. The SMILES string of the molecule is CCCNCc1cc2cc(c1)C(NCC(C)O)C1CCC(C3CCNC(NCCCC(C)C)C3)(CC=C3OC(=O)C4=C3CCC3C5CCC6(C(=CC(CC)Cc7ccccc7)OC(=O)C6=C5c5cc(O)ccc5-c5cccc(c5)CNCC2)C43)C1. The molecule has 0 radical (unpaired) electrons. The lowest BCUT2D eigenvalue weighted by atomic mass is 9.44. The van der Waals surface area contributed by atoms with Crippen LogP contribution in [-0.4, -0.2) is 67.1 Å². The van der Waals surface area contributed by atoms with Gasteiger partial charge in [-0.1, -0.05) is 100 Å². The van der Waals surface area contributed by atoms with E-state index in [0.29, 0.717) is 55.0 Å². The number of carbonyl (C=O) groups is 2. The Morgan fingerprint density at radius 3 is 2.51 bits per heavy atom. The molecule has 7 N–H and O–H groups in total. The van der Waals surface area contributed by atoms with Crippen LogP contribution >= 0.6 is 0 Å². The van der Waals surface area contributed by atoms with Crippen LogP contribution in [0, 0.1) is 52.3 Å². The molecule has 2 saturated carbocycles. The summed E-state index contributed by atoms with van der Waals surface area (Å²) in [5.41, 5.74) is 11.6. The van der Waals surface area contributed by atoms with Gasteiger partial charge >= 0.3 is 11.9 Å². The molecular formula is C74H95N5O6. The van der Waals surface area contributed by atoms with Gasteiger partial charge in [0.1, 0.15) is 17.3 Å². The van der Waals surface area contributed by atoms with E-state index in [1.165, 1.54) is 28.7 Å². The number of esters is 2. The number of piperidine rings is 1. The highest BCUT2D eigenvalue weighted by molar-refractivity contribution is 6.07. The van der Waals surface area contributed by atoms with Crippen molar-refractivity contribution in [2.45, 2.75) is 169 Å². The van der Waals surface area contributed by atoms with Crippen LogP contribution in [0.5, 0.6) is 5.75 Å². The molecule has 5 aliphatic carbocycles. The molecule has 11 unspecified atom stereocenters. The molecule has 0 aromatic heterocycles. The van der Waals surface area contributed by atoms with Crippen LogP contribution in [-0.2, 0) is 45.0 Å². The van der Waals surface area contributed by atoms with E-state index in [2.05, 4.69) is 139 Å². The first-order chi connectivity index (χ1) is 41.3. The smallest absolute Gasteiger partial charge is 0.340 e. The summed E-state index contributed by atoms with van der Waals surface area (Å²) in [5.74, 6) is 2.17. The van der Waals surface area contributed by atoms with E-state index in [-0.39, 0.29) is 59.0 Å². The summed E-state index contributed by atoms with van der Waals surface area (Å²) >= 11 is 0. The van der Waals surface area contributed by atoms with Crippen molar-refractivity contribution in [1.29, 1.82) is 0 Å². The van der Waals surface area contributed by atoms with E-state index in [1.807, 2.05) is 19.1 Å². The van der Waals surface area contributed by atoms with Crippen molar-refractivity contribution < 1.29 is 29.3 Å².